The highest BCUT2D eigenvalue weighted by atomic mass is 35.5. The standard InChI is InChI=1S/C18H17ClN2O4S/c1-22-15-7-8-16(23-2)12(9-15)11-26-18-21-20-17(25-18)10-24-14-5-3-13(19)4-6-14/h3-9H,10-11H2,1-2H3. The van der Waals surface area contributed by atoms with Gasteiger partial charge >= 0.3 is 0 Å². The number of ether oxygens (including phenoxy) is 3. The molecule has 3 aromatic rings. The summed E-state index contributed by atoms with van der Waals surface area (Å²) in [4.78, 5) is 0. The predicted molar refractivity (Wildman–Crippen MR) is 99.2 cm³/mol. The zero-order valence-corrected chi connectivity index (χ0v) is 15.8. The molecule has 2 aromatic carbocycles. The Hall–Kier alpha value is -2.38. The van der Waals surface area contributed by atoms with E-state index in [1.807, 2.05) is 18.2 Å². The molecule has 3 rings (SSSR count). The Labute approximate surface area is 160 Å². The number of halogens is 1. The number of nitrogens with zero attached hydrogens (tertiary/aromatic N) is 2. The SMILES string of the molecule is COc1ccc(OC)c(CSc2nnc(COc3ccc(Cl)cc3)o2)c1. The van der Waals surface area contributed by atoms with E-state index in [0.29, 0.717) is 27.6 Å². The van der Waals surface area contributed by atoms with E-state index < -0.39 is 0 Å². The van der Waals surface area contributed by atoms with Crippen LogP contribution in [0.1, 0.15) is 11.5 Å². The molecule has 0 bridgehead atoms. The third kappa shape index (κ3) is 4.83. The number of methoxy groups -OCH3 is 2. The Bertz CT molecular complexity index is 855. The van der Waals surface area contributed by atoms with Gasteiger partial charge in [-0.05, 0) is 42.5 Å². The first-order valence-electron chi connectivity index (χ1n) is 7.72. The molecular weight excluding hydrogens is 376 g/mol. The average Bonchev–Trinajstić information content (AvgIpc) is 3.13. The molecule has 0 saturated heterocycles. The van der Waals surface area contributed by atoms with Gasteiger partial charge in [-0.2, -0.15) is 0 Å². The topological polar surface area (TPSA) is 66.6 Å². The lowest BCUT2D eigenvalue weighted by Crippen LogP contribution is -1.95. The summed E-state index contributed by atoms with van der Waals surface area (Å²) in [5.41, 5.74) is 0.981. The average molecular weight is 393 g/mol. The maximum atomic E-state index is 5.84. The minimum atomic E-state index is 0.192. The first kappa shape index (κ1) is 18.4. The van der Waals surface area contributed by atoms with Crippen LogP contribution in [0.25, 0.3) is 0 Å². The van der Waals surface area contributed by atoms with Crippen molar-refractivity contribution >= 4 is 23.4 Å². The van der Waals surface area contributed by atoms with Crippen LogP contribution < -0.4 is 14.2 Å². The molecule has 0 amide bonds. The lowest BCUT2D eigenvalue weighted by molar-refractivity contribution is 0.252. The lowest BCUT2D eigenvalue weighted by Gasteiger charge is -2.09. The molecule has 0 saturated carbocycles. The van der Waals surface area contributed by atoms with Crippen molar-refractivity contribution < 1.29 is 18.6 Å². The second-order valence-corrected chi connectivity index (χ2v) is 6.53. The summed E-state index contributed by atoms with van der Waals surface area (Å²) in [5.74, 6) is 3.25. The molecule has 0 aliphatic heterocycles. The van der Waals surface area contributed by atoms with Crippen LogP contribution in [0.4, 0.5) is 0 Å². The molecule has 26 heavy (non-hydrogen) atoms. The van der Waals surface area contributed by atoms with Crippen LogP contribution in [-0.4, -0.2) is 24.4 Å². The zero-order valence-electron chi connectivity index (χ0n) is 14.3. The van der Waals surface area contributed by atoms with Gasteiger partial charge in [0.25, 0.3) is 11.1 Å². The predicted octanol–water partition coefficient (Wildman–Crippen LogP) is 4.61. The maximum absolute atomic E-state index is 5.84. The molecule has 6 nitrogen and oxygen atoms in total. The van der Waals surface area contributed by atoms with Crippen molar-refractivity contribution in [3.05, 3.63) is 58.9 Å². The van der Waals surface area contributed by atoms with Crippen LogP contribution in [0.2, 0.25) is 5.02 Å². The van der Waals surface area contributed by atoms with Crippen molar-refractivity contribution in [3.63, 3.8) is 0 Å². The molecule has 0 aliphatic rings. The Morgan fingerprint density at radius 1 is 1.00 bits per heavy atom. The quantitative estimate of drug-likeness (QED) is 0.518. The molecule has 1 aromatic heterocycles. The third-order valence-electron chi connectivity index (χ3n) is 3.46. The van der Waals surface area contributed by atoms with Gasteiger partial charge in [0, 0.05) is 16.3 Å². The Morgan fingerprint density at radius 2 is 1.77 bits per heavy atom. The highest BCUT2D eigenvalue weighted by molar-refractivity contribution is 7.98. The number of hydrogen-bond acceptors (Lipinski definition) is 7. The van der Waals surface area contributed by atoms with Crippen LogP contribution in [0, 0.1) is 0 Å². The van der Waals surface area contributed by atoms with Crippen LogP contribution in [0.3, 0.4) is 0 Å². The van der Waals surface area contributed by atoms with Crippen LogP contribution >= 0.6 is 23.4 Å². The fourth-order valence-corrected chi connectivity index (χ4v) is 3.05. The second-order valence-electron chi connectivity index (χ2n) is 5.17. The van der Waals surface area contributed by atoms with Gasteiger partial charge < -0.3 is 18.6 Å². The van der Waals surface area contributed by atoms with Crippen molar-refractivity contribution in [3.8, 4) is 17.2 Å². The van der Waals surface area contributed by atoms with Gasteiger partial charge in [-0.1, -0.05) is 23.4 Å². The van der Waals surface area contributed by atoms with Crippen molar-refractivity contribution in [2.75, 3.05) is 14.2 Å². The van der Waals surface area contributed by atoms with E-state index in [1.165, 1.54) is 11.8 Å². The molecule has 0 N–H and O–H groups in total. The van der Waals surface area contributed by atoms with Gasteiger partial charge in [0.2, 0.25) is 0 Å². The monoisotopic (exact) mass is 392 g/mol. The van der Waals surface area contributed by atoms with Gasteiger partial charge in [-0.15, -0.1) is 10.2 Å². The van der Waals surface area contributed by atoms with Crippen molar-refractivity contribution in [1.29, 1.82) is 0 Å². The molecule has 0 radical (unpaired) electrons. The third-order valence-corrected chi connectivity index (χ3v) is 4.58. The van der Waals surface area contributed by atoms with Gasteiger partial charge in [0.15, 0.2) is 6.61 Å². The highest BCUT2D eigenvalue weighted by Crippen LogP contribution is 2.30. The summed E-state index contributed by atoms with van der Waals surface area (Å²) in [5, 5.41) is 9.14. The van der Waals surface area contributed by atoms with E-state index in [9.17, 15) is 0 Å². The minimum Gasteiger partial charge on any atom is -0.497 e. The normalized spacial score (nSPS) is 10.6. The number of benzene rings is 2. The number of thioether (sulfide) groups is 1. The van der Waals surface area contributed by atoms with E-state index in [-0.39, 0.29) is 6.61 Å². The summed E-state index contributed by atoms with van der Waals surface area (Å²) < 4.78 is 21.8. The van der Waals surface area contributed by atoms with E-state index in [2.05, 4.69) is 10.2 Å². The van der Waals surface area contributed by atoms with Crippen LogP contribution in [0.5, 0.6) is 17.2 Å². The zero-order chi connectivity index (χ0) is 18.4. The number of aromatic nitrogens is 2. The fraction of sp³-hybridized carbons (Fsp3) is 0.222. The van der Waals surface area contributed by atoms with E-state index in [4.69, 9.17) is 30.2 Å². The summed E-state index contributed by atoms with van der Waals surface area (Å²) in [6, 6.07) is 12.7. The summed E-state index contributed by atoms with van der Waals surface area (Å²) in [6.07, 6.45) is 0. The molecule has 0 fully saturated rings. The van der Waals surface area contributed by atoms with Crippen LogP contribution in [-0.2, 0) is 12.4 Å². The Kier molecular flexibility index (Phi) is 6.25. The molecule has 0 atom stereocenters. The van der Waals surface area contributed by atoms with Crippen molar-refractivity contribution in [2.45, 2.75) is 17.6 Å². The Balaban J connectivity index is 1.57. The molecular formula is C18H17ClN2O4S. The summed E-state index contributed by atoms with van der Waals surface area (Å²) in [6.45, 7) is 0.192. The first-order valence-corrected chi connectivity index (χ1v) is 9.08. The van der Waals surface area contributed by atoms with E-state index >= 15 is 0 Å². The van der Waals surface area contributed by atoms with Gasteiger partial charge in [-0.3, -0.25) is 0 Å². The van der Waals surface area contributed by atoms with Crippen LogP contribution in [0.15, 0.2) is 52.1 Å². The fourth-order valence-electron chi connectivity index (χ4n) is 2.16. The molecule has 0 unspecified atom stereocenters. The molecule has 136 valence electrons. The molecule has 0 spiro atoms. The molecule has 0 aliphatic carbocycles. The second kappa shape index (κ2) is 8.82. The number of hydrogen-bond donors (Lipinski definition) is 0. The maximum Gasteiger partial charge on any atom is 0.277 e. The molecule has 1 heterocycles. The Morgan fingerprint density at radius 3 is 2.50 bits per heavy atom. The largest absolute Gasteiger partial charge is 0.497 e. The number of rotatable bonds is 8. The van der Waals surface area contributed by atoms with Gasteiger partial charge in [-0.25, -0.2) is 0 Å². The smallest absolute Gasteiger partial charge is 0.277 e. The van der Waals surface area contributed by atoms with Gasteiger partial charge in [0.05, 0.1) is 14.2 Å². The van der Waals surface area contributed by atoms with Crippen molar-refractivity contribution in [1.82, 2.24) is 10.2 Å². The van der Waals surface area contributed by atoms with E-state index in [1.54, 1.807) is 38.5 Å². The highest BCUT2D eigenvalue weighted by Gasteiger charge is 2.11. The molecule has 8 heteroatoms. The van der Waals surface area contributed by atoms with Crippen molar-refractivity contribution in [2.24, 2.45) is 0 Å². The lowest BCUT2D eigenvalue weighted by atomic mass is 10.2. The minimum absolute atomic E-state index is 0.192. The summed E-state index contributed by atoms with van der Waals surface area (Å²) >= 11 is 7.26. The van der Waals surface area contributed by atoms with E-state index in [0.717, 1.165) is 17.1 Å². The summed E-state index contributed by atoms with van der Waals surface area (Å²) in [7, 11) is 3.26. The van der Waals surface area contributed by atoms with Gasteiger partial charge in [0.1, 0.15) is 17.2 Å². The first-order chi connectivity index (χ1) is 12.7.